The minimum atomic E-state index is -3.59. The van der Waals surface area contributed by atoms with Crippen LogP contribution in [0, 0.1) is 0 Å². The first-order valence-electron chi connectivity index (χ1n) is 6.14. The van der Waals surface area contributed by atoms with Gasteiger partial charge in [0.05, 0.1) is 11.0 Å². The van der Waals surface area contributed by atoms with Crippen LogP contribution < -0.4 is 10.5 Å². The molecule has 106 valence electrons. The molecule has 1 aliphatic rings. The molecule has 1 saturated carbocycles. The number of sulfonamides is 1. The van der Waals surface area contributed by atoms with Gasteiger partial charge < -0.3 is 10.8 Å². The molecular weight excluding hydrogens is 332 g/mol. The summed E-state index contributed by atoms with van der Waals surface area (Å²) in [5, 5.41) is 9.42. The van der Waals surface area contributed by atoms with Gasteiger partial charge in [-0.2, -0.15) is 0 Å². The standard InChI is InChI=1S/C12H17BrN2O3S/c13-11-6-1-8(14)7-12(11)19(17,18)15-9-2-4-10(16)5-3-9/h1,6-7,9-10,15-16H,2-5,14H2. The van der Waals surface area contributed by atoms with Crippen molar-refractivity contribution in [3.63, 3.8) is 0 Å². The van der Waals surface area contributed by atoms with Crippen LogP contribution in [-0.4, -0.2) is 25.7 Å². The van der Waals surface area contributed by atoms with Crippen LogP contribution in [0.3, 0.4) is 0 Å². The Morgan fingerprint density at radius 1 is 1.26 bits per heavy atom. The summed E-state index contributed by atoms with van der Waals surface area (Å²) in [4.78, 5) is 0.152. The summed E-state index contributed by atoms with van der Waals surface area (Å²) >= 11 is 3.23. The molecule has 0 unspecified atom stereocenters. The molecule has 0 radical (unpaired) electrons. The van der Waals surface area contributed by atoms with Crippen LogP contribution >= 0.6 is 15.9 Å². The number of nitrogens with two attached hydrogens (primary N) is 1. The van der Waals surface area contributed by atoms with Crippen molar-refractivity contribution in [2.45, 2.75) is 42.7 Å². The molecule has 0 atom stereocenters. The molecular formula is C12H17BrN2O3S. The van der Waals surface area contributed by atoms with E-state index in [2.05, 4.69) is 20.7 Å². The molecule has 5 nitrogen and oxygen atoms in total. The second-order valence-electron chi connectivity index (χ2n) is 4.82. The zero-order valence-electron chi connectivity index (χ0n) is 10.3. The van der Waals surface area contributed by atoms with Gasteiger partial charge in [-0.1, -0.05) is 0 Å². The van der Waals surface area contributed by atoms with Gasteiger partial charge in [0.25, 0.3) is 0 Å². The number of rotatable bonds is 3. The highest BCUT2D eigenvalue weighted by Crippen LogP contribution is 2.26. The van der Waals surface area contributed by atoms with E-state index in [9.17, 15) is 13.5 Å². The molecule has 7 heteroatoms. The lowest BCUT2D eigenvalue weighted by Crippen LogP contribution is -2.38. The maximum absolute atomic E-state index is 12.3. The highest BCUT2D eigenvalue weighted by atomic mass is 79.9. The third-order valence-electron chi connectivity index (χ3n) is 3.26. The van der Waals surface area contributed by atoms with E-state index in [0.717, 1.165) is 0 Å². The van der Waals surface area contributed by atoms with Crippen LogP contribution in [-0.2, 0) is 10.0 Å². The maximum Gasteiger partial charge on any atom is 0.242 e. The first kappa shape index (κ1) is 14.8. The monoisotopic (exact) mass is 348 g/mol. The van der Waals surface area contributed by atoms with Gasteiger partial charge >= 0.3 is 0 Å². The minimum Gasteiger partial charge on any atom is -0.399 e. The quantitative estimate of drug-likeness (QED) is 0.723. The Hall–Kier alpha value is -0.630. The number of benzene rings is 1. The Morgan fingerprint density at radius 3 is 2.53 bits per heavy atom. The van der Waals surface area contributed by atoms with E-state index in [1.807, 2.05) is 0 Å². The van der Waals surface area contributed by atoms with E-state index in [-0.39, 0.29) is 17.0 Å². The van der Waals surface area contributed by atoms with Crippen LogP contribution in [0.25, 0.3) is 0 Å². The SMILES string of the molecule is Nc1ccc(Br)c(S(=O)(=O)NC2CCC(O)CC2)c1. The molecule has 0 bridgehead atoms. The van der Waals surface area contributed by atoms with Crippen molar-refractivity contribution >= 4 is 31.6 Å². The summed E-state index contributed by atoms with van der Waals surface area (Å²) in [5.41, 5.74) is 6.03. The normalized spacial score (nSPS) is 24.3. The van der Waals surface area contributed by atoms with Gasteiger partial charge in [0.15, 0.2) is 0 Å². The third kappa shape index (κ3) is 3.68. The number of nitrogens with one attached hydrogen (secondary N) is 1. The zero-order chi connectivity index (χ0) is 14.0. The van der Waals surface area contributed by atoms with E-state index in [4.69, 9.17) is 5.73 Å². The van der Waals surface area contributed by atoms with Gasteiger partial charge in [-0.25, -0.2) is 13.1 Å². The Kier molecular flexibility index (Phi) is 4.50. The number of halogens is 1. The van der Waals surface area contributed by atoms with Crippen molar-refractivity contribution in [3.05, 3.63) is 22.7 Å². The van der Waals surface area contributed by atoms with Crippen LogP contribution in [0.2, 0.25) is 0 Å². The fourth-order valence-corrected chi connectivity index (χ4v) is 4.51. The van der Waals surface area contributed by atoms with Crippen LogP contribution in [0.4, 0.5) is 5.69 Å². The smallest absolute Gasteiger partial charge is 0.242 e. The van der Waals surface area contributed by atoms with Gasteiger partial charge in [-0.05, 0) is 59.8 Å². The summed E-state index contributed by atoms with van der Waals surface area (Å²) in [6, 6.07) is 4.57. The molecule has 0 aromatic heterocycles. The Bertz CT molecular complexity index is 554. The van der Waals surface area contributed by atoms with E-state index in [1.54, 1.807) is 12.1 Å². The minimum absolute atomic E-state index is 0.123. The second kappa shape index (κ2) is 5.78. The fraction of sp³-hybridized carbons (Fsp3) is 0.500. The number of aliphatic hydroxyl groups excluding tert-OH is 1. The van der Waals surface area contributed by atoms with Crippen molar-refractivity contribution in [2.75, 3.05) is 5.73 Å². The zero-order valence-corrected chi connectivity index (χ0v) is 12.7. The van der Waals surface area contributed by atoms with Crippen molar-refractivity contribution < 1.29 is 13.5 Å². The van der Waals surface area contributed by atoms with Gasteiger partial charge in [-0.3, -0.25) is 0 Å². The maximum atomic E-state index is 12.3. The van der Waals surface area contributed by atoms with E-state index in [0.29, 0.717) is 35.8 Å². The molecule has 1 aliphatic carbocycles. The lowest BCUT2D eigenvalue weighted by molar-refractivity contribution is 0.120. The molecule has 19 heavy (non-hydrogen) atoms. The summed E-state index contributed by atoms with van der Waals surface area (Å²) < 4.78 is 27.8. The van der Waals surface area contributed by atoms with Gasteiger partial charge in [0.1, 0.15) is 0 Å². The third-order valence-corrected chi connectivity index (χ3v) is 5.78. The van der Waals surface area contributed by atoms with Gasteiger partial charge in [0.2, 0.25) is 10.0 Å². The highest BCUT2D eigenvalue weighted by molar-refractivity contribution is 9.10. The lowest BCUT2D eigenvalue weighted by atomic mass is 9.94. The van der Waals surface area contributed by atoms with Crippen molar-refractivity contribution in [1.29, 1.82) is 0 Å². The summed E-state index contributed by atoms with van der Waals surface area (Å²) in [6.07, 6.45) is 2.26. The molecule has 1 fully saturated rings. The number of aliphatic hydroxyl groups is 1. The summed E-state index contributed by atoms with van der Waals surface area (Å²) in [5.74, 6) is 0. The number of nitrogen functional groups attached to an aromatic ring is 1. The number of anilines is 1. The lowest BCUT2D eigenvalue weighted by Gasteiger charge is -2.26. The summed E-state index contributed by atoms with van der Waals surface area (Å²) in [6.45, 7) is 0. The van der Waals surface area contributed by atoms with E-state index in [1.165, 1.54) is 6.07 Å². The Labute approximate surface area is 121 Å². The topological polar surface area (TPSA) is 92.4 Å². The van der Waals surface area contributed by atoms with Crippen LogP contribution in [0.15, 0.2) is 27.6 Å². The van der Waals surface area contributed by atoms with Gasteiger partial charge in [0, 0.05) is 16.2 Å². The highest BCUT2D eigenvalue weighted by Gasteiger charge is 2.26. The number of hydrogen-bond acceptors (Lipinski definition) is 4. The molecule has 1 aromatic rings. The Balaban J connectivity index is 2.16. The van der Waals surface area contributed by atoms with E-state index < -0.39 is 10.0 Å². The first-order chi connectivity index (χ1) is 8.88. The molecule has 0 aliphatic heterocycles. The molecule has 2 rings (SSSR count). The molecule has 4 N–H and O–H groups in total. The average Bonchev–Trinajstić information content (AvgIpc) is 2.35. The fourth-order valence-electron chi connectivity index (χ4n) is 2.20. The van der Waals surface area contributed by atoms with Crippen molar-refractivity contribution in [3.8, 4) is 0 Å². The molecule has 0 heterocycles. The van der Waals surface area contributed by atoms with E-state index >= 15 is 0 Å². The molecule has 0 amide bonds. The molecule has 0 spiro atoms. The second-order valence-corrected chi connectivity index (χ2v) is 7.35. The Morgan fingerprint density at radius 2 is 1.89 bits per heavy atom. The van der Waals surface area contributed by atoms with Crippen molar-refractivity contribution in [2.24, 2.45) is 0 Å². The number of hydrogen-bond donors (Lipinski definition) is 3. The van der Waals surface area contributed by atoms with Crippen molar-refractivity contribution in [1.82, 2.24) is 4.72 Å². The predicted molar refractivity (Wildman–Crippen MR) is 77.1 cm³/mol. The molecule has 1 aromatic carbocycles. The molecule has 0 saturated heterocycles. The average molecular weight is 349 g/mol. The van der Waals surface area contributed by atoms with Crippen LogP contribution in [0.5, 0.6) is 0 Å². The van der Waals surface area contributed by atoms with Crippen LogP contribution in [0.1, 0.15) is 25.7 Å². The largest absolute Gasteiger partial charge is 0.399 e. The first-order valence-corrected chi connectivity index (χ1v) is 8.41. The summed E-state index contributed by atoms with van der Waals surface area (Å²) in [7, 11) is -3.59. The predicted octanol–water partition coefficient (Wildman–Crippen LogP) is 1.61. The van der Waals surface area contributed by atoms with Gasteiger partial charge in [-0.15, -0.1) is 0 Å².